The van der Waals surface area contributed by atoms with Gasteiger partial charge in [-0.25, -0.2) is 4.79 Å². The highest BCUT2D eigenvalue weighted by atomic mass is 16.5. The van der Waals surface area contributed by atoms with E-state index in [9.17, 15) is 9.59 Å². The molecule has 19 heavy (non-hydrogen) atoms. The molecule has 2 heterocycles. The maximum atomic E-state index is 11.9. The Morgan fingerprint density at radius 1 is 1.32 bits per heavy atom. The number of hydrogen-bond donors (Lipinski definition) is 2. The fourth-order valence-electron chi connectivity index (χ4n) is 2.51. The number of morpholine rings is 1. The summed E-state index contributed by atoms with van der Waals surface area (Å²) in [5.41, 5.74) is 0. The number of carbonyl (C=O) groups excluding carboxylic acids is 1. The fourth-order valence-corrected chi connectivity index (χ4v) is 2.51. The van der Waals surface area contributed by atoms with Crippen LogP contribution in [0.15, 0.2) is 0 Å². The smallest absolute Gasteiger partial charge is 0.325 e. The summed E-state index contributed by atoms with van der Waals surface area (Å²) in [7, 11) is 0. The molecule has 0 bridgehead atoms. The van der Waals surface area contributed by atoms with Gasteiger partial charge in [0.1, 0.15) is 6.04 Å². The number of amides is 2. The Hall–Kier alpha value is -1.34. The Bertz CT molecular complexity index is 344. The van der Waals surface area contributed by atoms with Crippen LogP contribution in [0.4, 0.5) is 4.79 Å². The summed E-state index contributed by atoms with van der Waals surface area (Å²) in [6, 6.07) is -0.768. The van der Waals surface area contributed by atoms with Gasteiger partial charge in [0, 0.05) is 32.2 Å². The number of carboxylic acid groups (broad SMARTS) is 1. The van der Waals surface area contributed by atoms with Crippen LogP contribution in [0, 0.1) is 0 Å². The van der Waals surface area contributed by atoms with E-state index in [1.807, 2.05) is 0 Å². The molecule has 2 saturated heterocycles. The van der Waals surface area contributed by atoms with Crippen molar-refractivity contribution in [1.29, 1.82) is 0 Å². The number of nitrogens with zero attached hydrogens (tertiary/aromatic N) is 2. The molecule has 0 aromatic rings. The second-order valence-electron chi connectivity index (χ2n) is 5.05. The van der Waals surface area contributed by atoms with E-state index in [0.29, 0.717) is 19.1 Å². The average Bonchev–Trinajstić information content (AvgIpc) is 2.89. The minimum Gasteiger partial charge on any atom is -0.480 e. The van der Waals surface area contributed by atoms with Gasteiger partial charge in [-0.2, -0.15) is 0 Å². The molecule has 0 spiro atoms. The second-order valence-corrected chi connectivity index (χ2v) is 5.05. The Labute approximate surface area is 112 Å². The van der Waals surface area contributed by atoms with Crippen LogP contribution < -0.4 is 5.32 Å². The van der Waals surface area contributed by atoms with Gasteiger partial charge in [-0.15, -0.1) is 0 Å². The van der Waals surface area contributed by atoms with Crippen molar-refractivity contribution in [3.8, 4) is 0 Å². The van der Waals surface area contributed by atoms with Crippen LogP contribution in [0.3, 0.4) is 0 Å². The van der Waals surface area contributed by atoms with Crippen molar-refractivity contribution in [1.82, 2.24) is 15.1 Å². The molecule has 2 unspecified atom stereocenters. The topological polar surface area (TPSA) is 82.1 Å². The van der Waals surface area contributed by atoms with Crippen molar-refractivity contribution in [2.24, 2.45) is 0 Å². The molecule has 0 aromatic carbocycles. The lowest BCUT2D eigenvalue weighted by Gasteiger charge is -2.32. The molecule has 2 fully saturated rings. The number of urea groups is 1. The summed E-state index contributed by atoms with van der Waals surface area (Å²) < 4.78 is 5.31. The zero-order chi connectivity index (χ0) is 13.8. The monoisotopic (exact) mass is 271 g/mol. The number of likely N-dealkylation sites (tertiary alicyclic amines) is 1. The molecule has 2 N–H and O–H groups in total. The van der Waals surface area contributed by atoms with Crippen molar-refractivity contribution in [2.75, 3.05) is 39.4 Å². The minimum atomic E-state index is -1.02. The number of carbonyl (C=O) groups is 2. The van der Waals surface area contributed by atoms with E-state index in [1.165, 1.54) is 6.92 Å². The number of carboxylic acids is 1. The predicted octanol–water partition coefficient (Wildman–Crippen LogP) is -0.424. The highest BCUT2D eigenvalue weighted by Crippen LogP contribution is 2.16. The van der Waals surface area contributed by atoms with Gasteiger partial charge >= 0.3 is 12.0 Å². The Balaban J connectivity index is 1.80. The van der Waals surface area contributed by atoms with Gasteiger partial charge < -0.3 is 20.1 Å². The summed E-state index contributed by atoms with van der Waals surface area (Å²) in [6.07, 6.45) is 0.939. The van der Waals surface area contributed by atoms with E-state index in [0.717, 1.165) is 32.7 Å². The van der Waals surface area contributed by atoms with E-state index >= 15 is 0 Å². The van der Waals surface area contributed by atoms with Gasteiger partial charge in [-0.05, 0) is 13.3 Å². The first-order chi connectivity index (χ1) is 9.08. The third-order valence-corrected chi connectivity index (χ3v) is 3.72. The summed E-state index contributed by atoms with van der Waals surface area (Å²) >= 11 is 0. The molecule has 0 saturated carbocycles. The van der Waals surface area contributed by atoms with Gasteiger partial charge in [-0.3, -0.25) is 9.69 Å². The summed E-state index contributed by atoms with van der Waals surface area (Å²) in [5, 5.41) is 11.3. The van der Waals surface area contributed by atoms with Crippen LogP contribution in [0.5, 0.6) is 0 Å². The van der Waals surface area contributed by atoms with Crippen LogP contribution in [-0.4, -0.2) is 78.4 Å². The average molecular weight is 271 g/mol. The Morgan fingerprint density at radius 3 is 2.63 bits per heavy atom. The van der Waals surface area contributed by atoms with Crippen molar-refractivity contribution in [2.45, 2.75) is 25.4 Å². The highest BCUT2D eigenvalue weighted by molar-refractivity contribution is 5.82. The fraction of sp³-hybridized carbons (Fsp3) is 0.833. The number of ether oxygens (including phenoxy) is 1. The lowest BCUT2D eigenvalue weighted by molar-refractivity contribution is -0.138. The molecule has 2 rings (SSSR count). The number of nitrogens with one attached hydrogen (secondary N) is 1. The molecule has 108 valence electrons. The third kappa shape index (κ3) is 3.57. The van der Waals surface area contributed by atoms with E-state index in [-0.39, 0.29) is 6.03 Å². The van der Waals surface area contributed by atoms with Crippen molar-refractivity contribution >= 4 is 12.0 Å². The molecular formula is C12H21N3O4. The van der Waals surface area contributed by atoms with E-state index < -0.39 is 12.0 Å². The Morgan fingerprint density at radius 2 is 2.00 bits per heavy atom. The van der Waals surface area contributed by atoms with Crippen LogP contribution in [0.25, 0.3) is 0 Å². The summed E-state index contributed by atoms with van der Waals surface area (Å²) in [4.78, 5) is 26.6. The normalized spacial score (nSPS) is 26.2. The van der Waals surface area contributed by atoms with Gasteiger partial charge in [0.2, 0.25) is 0 Å². The molecule has 0 aromatic heterocycles. The van der Waals surface area contributed by atoms with E-state index in [2.05, 4.69) is 10.2 Å². The van der Waals surface area contributed by atoms with Gasteiger partial charge in [0.05, 0.1) is 13.2 Å². The summed E-state index contributed by atoms with van der Waals surface area (Å²) in [5.74, 6) is -1.02. The minimum absolute atomic E-state index is 0.286. The standard InChI is InChI=1S/C12H21N3O4/c1-9(11(16)17)13-12(18)15-3-2-10(8-15)14-4-6-19-7-5-14/h9-10H,2-8H2,1H3,(H,13,18)(H,16,17). The summed E-state index contributed by atoms with van der Waals surface area (Å²) in [6.45, 7) is 6.13. The maximum Gasteiger partial charge on any atom is 0.325 e. The zero-order valence-corrected chi connectivity index (χ0v) is 11.2. The van der Waals surface area contributed by atoms with Crippen molar-refractivity contribution in [3.63, 3.8) is 0 Å². The van der Waals surface area contributed by atoms with Crippen LogP contribution in [0.1, 0.15) is 13.3 Å². The van der Waals surface area contributed by atoms with Gasteiger partial charge in [0.15, 0.2) is 0 Å². The van der Waals surface area contributed by atoms with E-state index in [4.69, 9.17) is 9.84 Å². The van der Waals surface area contributed by atoms with Crippen molar-refractivity contribution < 1.29 is 19.4 Å². The molecule has 2 atom stereocenters. The first kappa shape index (κ1) is 14.1. The molecule has 7 nitrogen and oxygen atoms in total. The number of aliphatic carboxylic acids is 1. The SMILES string of the molecule is CC(NC(=O)N1CCC(N2CCOCC2)C1)C(=O)O. The first-order valence-electron chi connectivity index (χ1n) is 6.68. The van der Waals surface area contributed by atoms with E-state index in [1.54, 1.807) is 4.90 Å². The number of rotatable bonds is 3. The zero-order valence-electron chi connectivity index (χ0n) is 11.2. The van der Waals surface area contributed by atoms with Crippen LogP contribution >= 0.6 is 0 Å². The number of hydrogen-bond acceptors (Lipinski definition) is 4. The predicted molar refractivity (Wildman–Crippen MR) is 68.0 cm³/mol. The van der Waals surface area contributed by atoms with Crippen molar-refractivity contribution in [3.05, 3.63) is 0 Å². The third-order valence-electron chi connectivity index (χ3n) is 3.72. The van der Waals surface area contributed by atoms with Crippen LogP contribution in [0.2, 0.25) is 0 Å². The quantitative estimate of drug-likeness (QED) is 0.728. The molecule has 2 aliphatic heterocycles. The molecule has 7 heteroatoms. The molecule has 0 radical (unpaired) electrons. The largest absolute Gasteiger partial charge is 0.480 e. The lowest BCUT2D eigenvalue weighted by Crippen LogP contribution is -2.48. The molecule has 0 aliphatic carbocycles. The molecule has 2 amide bonds. The lowest BCUT2D eigenvalue weighted by atomic mass is 10.2. The Kier molecular flexibility index (Phi) is 4.60. The maximum absolute atomic E-state index is 11.9. The first-order valence-corrected chi connectivity index (χ1v) is 6.68. The molecular weight excluding hydrogens is 250 g/mol. The molecule has 2 aliphatic rings. The highest BCUT2D eigenvalue weighted by Gasteiger charge is 2.31. The second kappa shape index (κ2) is 6.21. The van der Waals surface area contributed by atoms with Crippen LogP contribution in [-0.2, 0) is 9.53 Å². The van der Waals surface area contributed by atoms with Gasteiger partial charge in [-0.1, -0.05) is 0 Å². The van der Waals surface area contributed by atoms with Gasteiger partial charge in [0.25, 0.3) is 0 Å².